The van der Waals surface area contributed by atoms with Crippen molar-refractivity contribution in [1.82, 2.24) is 15.2 Å². The Labute approximate surface area is 153 Å². The Morgan fingerprint density at radius 3 is 2.54 bits per heavy atom. The molecule has 26 heavy (non-hydrogen) atoms. The van der Waals surface area contributed by atoms with Gasteiger partial charge in [-0.05, 0) is 36.2 Å². The maximum atomic E-state index is 12.9. The highest BCUT2D eigenvalue weighted by atomic mass is 16.5. The first kappa shape index (κ1) is 17.9. The van der Waals surface area contributed by atoms with Crippen molar-refractivity contribution < 1.29 is 14.3 Å². The molecule has 1 saturated heterocycles. The Bertz CT molecular complexity index is 804. The van der Waals surface area contributed by atoms with E-state index in [0.717, 1.165) is 16.9 Å². The predicted octanol–water partition coefficient (Wildman–Crippen LogP) is 2.14. The second-order valence-corrected chi connectivity index (χ2v) is 6.59. The molecule has 1 aliphatic rings. The third-order valence-electron chi connectivity index (χ3n) is 4.81. The first-order valence-electron chi connectivity index (χ1n) is 8.60. The lowest BCUT2D eigenvalue weighted by Crippen LogP contribution is -2.39. The van der Waals surface area contributed by atoms with E-state index >= 15 is 0 Å². The smallest absolute Gasteiger partial charge is 0.255 e. The SMILES string of the molecule is COc1ccc(C2CN(C(=O)c3cnccc3C)CC2NC(C)=O)cc1. The third-order valence-corrected chi connectivity index (χ3v) is 4.81. The number of rotatable bonds is 4. The second-order valence-electron chi connectivity index (χ2n) is 6.59. The molecule has 0 spiro atoms. The Kier molecular flexibility index (Phi) is 5.21. The molecule has 2 amide bonds. The van der Waals surface area contributed by atoms with Gasteiger partial charge in [0.2, 0.25) is 5.91 Å². The molecule has 2 atom stereocenters. The largest absolute Gasteiger partial charge is 0.497 e. The molecule has 2 heterocycles. The van der Waals surface area contributed by atoms with Crippen molar-refractivity contribution >= 4 is 11.8 Å². The fraction of sp³-hybridized carbons (Fsp3) is 0.350. The molecule has 0 bridgehead atoms. The van der Waals surface area contributed by atoms with Gasteiger partial charge in [-0.1, -0.05) is 12.1 Å². The van der Waals surface area contributed by atoms with Crippen LogP contribution in [0.2, 0.25) is 0 Å². The van der Waals surface area contributed by atoms with Gasteiger partial charge < -0.3 is 15.0 Å². The average molecular weight is 353 g/mol. The number of amides is 2. The summed E-state index contributed by atoms with van der Waals surface area (Å²) in [5, 5.41) is 2.99. The van der Waals surface area contributed by atoms with Crippen molar-refractivity contribution in [2.45, 2.75) is 25.8 Å². The molecule has 0 aliphatic carbocycles. The number of carbonyl (C=O) groups excluding carboxylic acids is 2. The van der Waals surface area contributed by atoms with Crippen molar-refractivity contribution in [2.24, 2.45) is 0 Å². The number of methoxy groups -OCH3 is 1. The molecule has 1 aliphatic heterocycles. The Morgan fingerprint density at radius 1 is 1.19 bits per heavy atom. The summed E-state index contributed by atoms with van der Waals surface area (Å²) in [4.78, 5) is 30.4. The molecule has 2 unspecified atom stereocenters. The molecule has 3 rings (SSSR count). The van der Waals surface area contributed by atoms with Crippen LogP contribution < -0.4 is 10.1 Å². The van der Waals surface area contributed by atoms with E-state index in [9.17, 15) is 9.59 Å². The molecule has 6 heteroatoms. The number of hydrogen-bond donors (Lipinski definition) is 1. The van der Waals surface area contributed by atoms with Gasteiger partial charge in [0.15, 0.2) is 0 Å². The number of aryl methyl sites for hydroxylation is 1. The van der Waals surface area contributed by atoms with Gasteiger partial charge in [-0.2, -0.15) is 0 Å². The van der Waals surface area contributed by atoms with E-state index in [-0.39, 0.29) is 23.8 Å². The lowest BCUT2D eigenvalue weighted by molar-refractivity contribution is -0.119. The molecule has 0 saturated carbocycles. The van der Waals surface area contributed by atoms with Gasteiger partial charge in [0.25, 0.3) is 5.91 Å². The lowest BCUT2D eigenvalue weighted by Gasteiger charge is -2.19. The van der Waals surface area contributed by atoms with Gasteiger partial charge in [-0.25, -0.2) is 0 Å². The highest BCUT2D eigenvalue weighted by Crippen LogP contribution is 2.30. The normalized spacial score (nSPS) is 19.3. The van der Waals surface area contributed by atoms with Crippen LogP contribution in [-0.4, -0.2) is 47.9 Å². The zero-order valence-electron chi connectivity index (χ0n) is 15.2. The number of likely N-dealkylation sites (tertiary alicyclic amines) is 1. The zero-order chi connectivity index (χ0) is 18.7. The number of benzene rings is 1. The molecule has 0 radical (unpaired) electrons. The highest BCUT2D eigenvalue weighted by molar-refractivity contribution is 5.95. The second kappa shape index (κ2) is 7.56. The quantitative estimate of drug-likeness (QED) is 0.914. The van der Waals surface area contributed by atoms with Crippen LogP contribution in [0.3, 0.4) is 0 Å². The van der Waals surface area contributed by atoms with Crippen LogP contribution in [0.1, 0.15) is 34.3 Å². The fourth-order valence-electron chi connectivity index (χ4n) is 3.42. The summed E-state index contributed by atoms with van der Waals surface area (Å²) in [5.74, 6) is 0.662. The van der Waals surface area contributed by atoms with Gasteiger partial charge in [0, 0.05) is 38.3 Å². The van der Waals surface area contributed by atoms with Crippen molar-refractivity contribution in [3.8, 4) is 5.75 Å². The number of nitrogens with one attached hydrogen (secondary N) is 1. The van der Waals surface area contributed by atoms with Crippen LogP contribution in [0.25, 0.3) is 0 Å². The van der Waals surface area contributed by atoms with E-state index in [1.54, 1.807) is 24.4 Å². The van der Waals surface area contributed by atoms with Crippen LogP contribution in [0.5, 0.6) is 5.75 Å². The highest BCUT2D eigenvalue weighted by Gasteiger charge is 2.37. The summed E-state index contributed by atoms with van der Waals surface area (Å²) in [5.41, 5.74) is 2.57. The van der Waals surface area contributed by atoms with Crippen LogP contribution in [0.15, 0.2) is 42.7 Å². The molecule has 1 aromatic carbocycles. The van der Waals surface area contributed by atoms with Crippen LogP contribution in [-0.2, 0) is 4.79 Å². The summed E-state index contributed by atoms with van der Waals surface area (Å²) in [7, 11) is 1.63. The van der Waals surface area contributed by atoms with E-state index in [0.29, 0.717) is 18.7 Å². The van der Waals surface area contributed by atoms with Crippen LogP contribution in [0, 0.1) is 6.92 Å². The number of ether oxygens (including phenoxy) is 1. The predicted molar refractivity (Wildman–Crippen MR) is 98.2 cm³/mol. The van der Waals surface area contributed by atoms with Gasteiger partial charge in [-0.15, -0.1) is 0 Å². The Balaban J connectivity index is 1.85. The molecule has 6 nitrogen and oxygen atoms in total. The van der Waals surface area contributed by atoms with Crippen LogP contribution >= 0.6 is 0 Å². The lowest BCUT2D eigenvalue weighted by atomic mass is 9.94. The topological polar surface area (TPSA) is 71.5 Å². The average Bonchev–Trinajstić information content (AvgIpc) is 3.04. The number of carbonyl (C=O) groups is 2. The summed E-state index contributed by atoms with van der Waals surface area (Å²) < 4.78 is 5.21. The molecule has 1 N–H and O–H groups in total. The minimum absolute atomic E-state index is 0.0331. The Hall–Kier alpha value is -2.89. The molecular weight excluding hydrogens is 330 g/mol. The maximum absolute atomic E-state index is 12.9. The van der Waals surface area contributed by atoms with Gasteiger partial charge >= 0.3 is 0 Å². The first-order valence-corrected chi connectivity index (χ1v) is 8.60. The minimum Gasteiger partial charge on any atom is -0.497 e. The Morgan fingerprint density at radius 2 is 1.92 bits per heavy atom. The van der Waals surface area contributed by atoms with E-state index in [1.807, 2.05) is 37.3 Å². The number of pyridine rings is 1. The molecule has 1 fully saturated rings. The minimum atomic E-state index is -0.123. The standard InChI is InChI=1S/C20H23N3O3/c1-13-8-9-21-10-17(13)20(25)23-11-18(19(12-23)22-14(2)24)15-4-6-16(26-3)7-5-15/h4-10,18-19H,11-12H2,1-3H3,(H,22,24). The molecular formula is C20H23N3O3. The van der Waals surface area contributed by atoms with E-state index < -0.39 is 0 Å². The summed E-state index contributed by atoms with van der Waals surface area (Å²) in [6.45, 7) is 4.42. The first-order chi connectivity index (χ1) is 12.5. The van der Waals surface area contributed by atoms with Gasteiger partial charge in [-0.3, -0.25) is 14.6 Å². The van der Waals surface area contributed by atoms with E-state index in [2.05, 4.69) is 10.3 Å². The summed E-state index contributed by atoms with van der Waals surface area (Å²) in [6.07, 6.45) is 3.28. The van der Waals surface area contributed by atoms with Crippen LogP contribution in [0.4, 0.5) is 0 Å². The van der Waals surface area contributed by atoms with Crippen molar-refractivity contribution in [3.05, 3.63) is 59.4 Å². The summed E-state index contributed by atoms with van der Waals surface area (Å²) in [6, 6.07) is 9.48. The van der Waals surface area contributed by atoms with Gasteiger partial charge in [0.05, 0.1) is 18.7 Å². The summed E-state index contributed by atoms with van der Waals surface area (Å²) >= 11 is 0. The molecule has 136 valence electrons. The third kappa shape index (κ3) is 3.69. The van der Waals surface area contributed by atoms with Crippen molar-refractivity contribution in [1.29, 1.82) is 0 Å². The number of aromatic nitrogens is 1. The van der Waals surface area contributed by atoms with E-state index in [4.69, 9.17) is 4.74 Å². The zero-order valence-corrected chi connectivity index (χ0v) is 15.2. The van der Waals surface area contributed by atoms with Gasteiger partial charge in [0.1, 0.15) is 5.75 Å². The monoisotopic (exact) mass is 353 g/mol. The molecule has 2 aromatic rings. The maximum Gasteiger partial charge on any atom is 0.255 e. The molecule has 1 aromatic heterocycles. The van der Waals surface area contributed by atoms with Crippen molar-refractivity contribution in [3.63, 3.8) is 0 Å². The number of hydrogen-bond acceptors (Lipinski definition) is 4. The number of nitrogens with zero attached hydrogens (tertiary/aromatic N) is 2. The van der Waals surface area contributed by atoms with Crippen molar-refractivity contribution in [2.75, 3.05) is 20.2 Å². The van der Waals surface area contributed by atoms with E-state index in [1.165, 1.54) is 6.92 Å². The fourth-order valence-corrected chi connectivity index (χ4v) is 3.42.